The van der Waals surface area contributed by atoms with Crippen LogP contribution in [0.3, 0.4) is 0 Å². The number of methoxy groups -OCH3 is 1. The molecule has 152 valence electrons. The van der Waals surface area contributed by atoms with Gasteiger partial charge in [0.2, 0.25) is 11.6 Å². The first-order valence-electron chi connectivity index (χ1n) is 9.48. The Balaban J connectivity index is 1.56. The molecule has 9 heteroatoms. The molecule has 0 saturated heterocycles. The first-order valence-corrected chi connectivity index (χ1v) is 10.4. The number of allylic oxidation sites excluding steroid dienone is 1. The Morgan fingerprint density at radius 2 is 1.97 bits per heavy atom. The largest absolute Gasteiger partial charge is 0.465 e. The number of nitrogens with one attached hydrogen (secondary N) is 2. The van der Waals surface area contributed by atoms with E-state index in [1.165, 1.54) is 12.0 Å². The number of rotatable bonds is 3. The van der Waals surface area contributed by atoms with Gasteiger partial charge in [-0.05, 0) is 45.9 Å². The fourth-order valence-corrected chi connectivity index (χ4v) is 4.84. The fourth-order valence-electron chi connectivity index (χ4n) is 4.01. The van der Waals surface area contributed by atoms with Crippen molar-refractivity contribution in [1.82, 2.24) is 10.3 Å². The Hall–Kier alpha value is -3.46. The Morgan fingerprint density at radius 3 is 2.70 bits per heavy atom. The Labute approximate surface area is 175 Å². The molecule has 2 unspecified atom stereocenters. The number of fused-ring (bicyclic) bond motifs is 1. The summed E-state index contributed by atoms with van der Waals surface area (Å²) in [4.78, 5) is 26.3. The summed E-state index contributed by atoms with van der Waals surface area (Å²) < 4.78 is 9.66. The second-order valence-electron chi connectivity index (χ2n) is 7.21. The van der Waals surface area contributed by atoms with E-state index in [4.69, 9.17) is 9.37 Å². The lowest BCUT2D eigenvalue weighted by Crippen LogP contribution is -2.26. The van der Waals surface area contributed by atoms with E-state index in [-0.39, 0.29) is 11.7 Å². The van der Waals surface area contributed by atoms with Crippen molar-refractivity contribution in [3.63, 3.8) is 0 Å². The molecule has 0 spiro atoms. The van der Waals surface area contributed by atoms with Gasteiger partial charge in [0.15, 0.2) is 5.78 Å². The third-order valence-corrected chi connectivity index (χ3v) is 6.48. The lowest BCUT2D eigenvalue weighted by atomic mass is 9.81. The number of carbonyl (C=O) groups is 2. The molecule has 2 N–H and O–H groups in total. The summed E-state index contributed by atoms with van der Waals surface area (Å²) in [7, 11) is 1.34. The zero-order valence-electron chi connectivity index (χ0n) is 16.0. The normalized spacial score (nSPS) is 20.5. The van der Waals surface area contributed by atoms with E-state index in [2.05, 4.69) is 27.0 Å². The number of carbonyl (C=O) groups excluding carboxylic acids is 2. The van der Waals surface area contributed by atoms with Crippen molar-refractivity contribution in [2.24, 2.45) is 0 Å². The zero-order valence-corrected chi connectivity index (χ0v) is 16.9. The number of Topliss-reactive ketones (excluding diaryl/α,β-unsaturated/α-hetero) is 1. The van der Waals surface area contributed by atoms with Gasteiger partial charge in [-0.1, -0.05) is 18.2 Å². The van der Waals surface area contributed by atoms with Crippen molar-refractivity contribution in [2.75, 3.05) is 17.7 Å². The zero-order chi connectivity index (χ0) is 20.7. The minimum Gasteiger partial charge on any atom is -0.465 e. The number of ketones is 1. The first-order chi connectivity index (χ1) is 14.6. The summed E-state index contributed by atoms with van der Waals surface area (Å²) in [5.41, 5.74) is 2.75. The topological polar surface area (TPSA) is 106 Å². The Bertz CT molecular complexity index is 1130. The number of nitrogens with zero attached hydrogens (tertiary/aromatic N) is 2. The molecule has 0 amide bonds. The quantitative estimate of drug-likeness (QED) is 0.612. The van der Waals surface area contributed by atoms with Gasteiger partial charge in [0, 0.05) is 28.5 Å². The fraction of sp³-hybridized carbons (Fsp3) is 0.238. The van der Waals surface area contributed by atoms with Crippen LogP contribution in [0.25, 0.3) is 0 Å². The van der Waals surface area contributed by atoms with Gasteiger partial charge in [-0.15, -0.1) is 11.3 Å². The molecule has 3 aromatic rings. The van der Waals surface area contributed by atoms with Gasteiger partial charge in [0.1, 0.15) is 0 Å². The van der Waals surface area contributed by atoms with Crippen LogP contribution in [0.15, 0.2) is 57.7 Å². The maximum absolute atomic E-state index is 13.3. The highest BCUT2D eigenvalue weighted by Crippen LogP contribution is 2.44. The van der Waals surface area contributed by atoms with Crippen LogP contribution in [0.4, 0.5) is 11.6 Å². The number of aromatic nitrogens is 2. The molecule has 5 rings (SSSR count). The van der Waals surface area contributed by atoms with Crippen molar-refractivity contribution in [3.05, 3.63) is 69.1 Å². The van der Waals surface area contributed by atoms with Gasteiger partial charge in [-0.3, -0.25) is 4.79 Å². The monoisotopic (exact) mass is 422 g/mol. The molecule has 2 atom stereocenters. The number of esters is 1. The van der Waals surface area contributed by atoms with Crippen LogP contribution in [-0.2, 0) is 9.53 Å². The van der Waals surface area contributed by atoms with Crippen LogP contribution in [-0.4, -0.2) is 29.2 Å². The van der Waals surface area contributed by atoms with Gasteiger partial charge in [0.25, 0.3) is 0 Å². The summed E-state index contributed by atoms with van der Waals surface area (Å²) in [6, 6.07) is 10.6. The number of thiophene rings is 1. The van der Waals surface area contributed by atoms with E-state index in [0.717, 1.165) is 11.3 Å². The van der Waals surface area contributed by atoms with E-state index in [0.29, 0.717) is 35.6 Å². The SMILES string of the molecule is COC(=O)c1ccc(C2Nc3nonc3NC3=C2C(=O)CC(c2cccs2)C3)cc1. The summed E-state index contributed by atoms with van der Waals surface area (Å²) in [6.45, 7) is 0. The molecule has 2 aromatic heterocycles. The highest BCUT2D eigenvalue weighted by molar-refractivity contribution is 7.10. The van der Waals surface area contributed by atoms with Crippen molar-refractivity contribution >= 4 is 34.7 Å². The van der Waals surface area contributed by atoms with Gasteiger partial charge in [0.05, 0.1) is 18.7 Å². The molecule has 1 aliphatic carbocycles. The number of anilines is 2. The highest BCUT2D eigenvalue weighted by atomic mass is 32.1. The number of benzene rings is 1. The maximum Gasteiger partial charge on any atom is 0.337 e. The molecule has 1 aromatic carbocycles. The van der Waals surface area contributed by atoms with Crippen molar-refractivity contribution in [3.8, 4) is 0 Å². The number of hydrogen-bond donors (Lipinski definition) is 2. The Kier molecular flexibility index (Phi) is 4.59. The van der Waals surface area contributed by atoms with Crippen LogP contribution in [0.1, 0.15) is 45.6 Å². The molecule has 30 heavy (non-hydrogen) atoms. The van der Waals surface area contributed by atoms with Crippen LogP contribution in [0, 0.1) is 0 Å². The average Bonchev–Trinajstić information content (AvgIpc) is 3.42. The third-order valence-electron chi connectivity index (χ3n) is 5.45. The van der Waals surface area contributed by atoms with Gasteiger partial charge in [-0.2, -0.15) is 0 Å². The molecule has 0 bridgehead atoms. The first kappa shape index (κ1) is 18.6. The molecule has 2 aliphatic rings. The molecule has 3 heterocycles. The molecular weight excluding hydrogens is 404 g/mol. The molecule has 0 saturated carbocycles. The molecule has 1 aliphatic heterocycles. The van der Waals surface area contributed by atoms with E-state index < -0.39 is 12.0 Å². The maximum atomic E-state index is 13.3. The van der Waals surface area contributed by atoms with E-state index >= 15 is 0 Å². The average molecular weight is 422 g/mol. The van der Waals surface area contributed by atoms with E-state index in [9.17, 15) is 9.59 Å². The summed E-state index contributed by atoms with van der Waals surface area (Å²) >= 11 is 1.66. The van der Waals surface area contributed by atoms with Crippen LogP contribution < -0.4 is 10.6 Å². The lowest BCUT2D eigenvalue weighted by Gasteiger charge is -2.29. The van der Waals surface area contributed by atoms with Crippen LogP contribution in [0.5, 0.6) is 0 Å². The molecule has 0 fully saturated rings. The van der Waals surface area contributed by atoms with Gasteiger partial charge < -0.3 is 15.4 Å². The number of ether oxygens (including phenoxy) is 1. The summed E-state index contributed by atoms with van der Waals surface area (Å²) in [5, 5.41) is 16.4. The summed E-state index contributed by atoms with van der Waals surface area (Å²) in [6.07, 6.45) is 1.13. The minimum absolute atomic E-state index is 0.0683. The molecular formula is C21H18N4O4S. The highest BCUT2D eigenvalue weighted by Gasteiger charge is 2.37. The number of hydrogen-bond acceptors (Lipinski definition) is 9. The van der Waals surface area contributed by atoms with Crippen molar-refractivity contribution in [1.29, 1.82) is 0 Å². The van der Waals surface area contributed by atoms with E-state index in [1.807, 2.05) is 23.6 Å². The lowest BCUT2D eigenvalue weighted by molar-refractivity contribution is -0.116. The smallest absolute Gasteiger partial charge is 0.337 e. The van der Waals surface area contributed by atoms with Crippen molar-refractivity contribution in [2.45, 2.75) is 24.8 Å². The van der Waals surface area contributed by atoms with Crippen molar-refractivity contribution < 1.29 is 19.0 Å². The minimum atomic E-state index is -0.441. The third kappa shape index (κ3) is 3.17. The van der Waals surface area contributed by atoms with Gasteiger partial charge in [-0.25, -0.2) is 9.42 Å². The second kappa shape index (κ2) is 7.42. The second-order valence-corrected chi connectivity index (χ2v) is 8.19. The van der Waals surface area contributed by atoms with Crippen LogP contribution >= 0.6 is 11.3 Å². The molecule has 8 nitrogen and oxygen atoms in total. The predicted octanol–water partition coefficient (Wildman–Crippen LogP) is 3.90. The van der Waals surface area contributed by atoms with E-state index in [1.54, 1.807) is 23.5 Å². The Morgan fingerprint density at radius 1 is 1.17 bits per heavy atom. The van der Waals surface area contributed by atoms with Gasteiger partial charge >= 0.3 is 5.97 Å². The summed E-state index contributed by atoms with van der Waals surface area (Å²) in [5.74, 6) is 0.668. The predicted molar refractivity (Wildman–Crippen MR) is 110 cm³/mol. The van der Waals surface area contributed by atoms with Crippen LogP contribution in [0.2, 0.25) is 0 Å². The molecule has 0 radical (unpaired) electrons. The standard InChI is InChI=1S/C21H18N4O4S/c1-28-21(27)12-6-4-11(5-7-12)18-17-14(22-19-20(23-18)25-29-24-19)9-13(10-15(17)26)16-3-2-8-30-16/h2-8,13,18H,9-10H2,1H3,(H,22,24)(H,23,25).